The molecule has 2 aliphatic heterocycles. The molecule has 2 aliphatic rings. The molecule has 0 aromatic carbocycles. The molecule has 2 fully saturated rings. The third kappa shape index (κ3) is 4.27. The van der Waals surface area contributed by atoms with Gasteiger partial charge in [-0.15, -0.1) is 0 Å². The summed E-state index contributed by atoms with van der Waals surface area (Å²) in [5.41, 5.74) is 1.08. The number of hydrogen-bond donors (Lipinski definition) is 1. The van der Waals surface area contributed by atoms with Gasteiger partial charge in [0.2, 0.25) is 5.91 Å². The molecule has 2 aromatic heterocycles. The zero-order valence-corrected chi connectivity index (χ0v) is 16.4. The van der Waals surface area contributed by atoms with E-state index in [2.05, 4.69) is 37.0 Å². The Balaban J connectivity index is 1.34. The van der Waals surface area contributed by atoms with Crippen LogP contribution in [0.15, 0.2) is 35.3 Å². The van der Waals surface area contributed by atoms with Crippen LogP contribution in [0.2, 0.25) is 0 Å². The molecule has 4 heterocycles. The lowest BCUT2D eigenvalue weighted by atomic mass is 9.95. The van der Waals surface area contributed by atoms with Crippen LogP contribution in [-0.2, 0) is 11.3 Å². The van der Waals surface area contributed by atoms with E-state index in [1.807, 2.05) is 18.3 Å². The molecule has 0 aliphatic carbocycles. The van der Waals surface area contributed by atoms with Crippen LogP contribution in [0.1, 0.15) is 18.6 Å². The fraction of sp³-hybridized carbons (Fsp3) is 0.550. The van der Waals surface area contributed by atoms with Crippen molar-refractivity contribution in [2.75, 3.05) is 56.1 Å². The van der Waals surface area contributed by atoms with Gasteiger partial charge < -0.3 is 24.4 Å². The van der Waals surface area contributed by atoms with Crippen LogP contribution in [0.5, 0.6) is 0 Å². The zero-order chi connectivity index (χ0) is 19.3. The number of anilines is 2. The van der Waals surface area contributed by atoms with Gasteiger partial charge in [0.05, 0.1) is 24.7 Å². The van der Waals surface area contributed by atoms with Crippen molar-refractivity contribution >= 4 is 17.4 Å². The van der Waals surface area contributed by atoms with E-state index in [4.69, 9.17) is 4.42 Å². The van der Waals surface area contributed by atoms with E-state index in [0.717, 1.165) is 69.4 Å². The molecule has 1 N–H and O–H groups in total. The van der Waals surface area contributed by atoms with Gasteiger partial charge in [-0.1, -0.05) is 0 Å². The SMILES string of the molecule is CN1CCN(c2ncncc2N2CCC(C(=O)NCc3ccco3)CC2)CC1. The molecule has 4 rings (SSSR count). The number of furan rings is 1. The summed E-state index contributed by atoms with van der Waals surface area (Å²) in [5, 5.41) is 2.99. The van der Waals surface area contributed by atoms with Crippen molar-refractivity contribution in [2.24, 2.45) is 5.92 Å². The lowest BCUT2D eigenvalue weighted by Crippen LogP contribution is -2.46. The van der Waals surface area contributed by atoms with Crippen LogP contribution in [-0.4, -0.2) is 67.1 Å². The van der Waals surface area contributed by atoms with Crippen molar-refractivity contribution in [1.29, 1.82) is 0 Å². The molecule has 150 valence electrons. The second-order valence-electron chi connectivity index (χ2n) is 7.58. The number of rotatable bonds is 5. The van der Waals surface area contributed by atoms with Gasteiger partial charge in [-0.2, -0.15) is 0 Å². The first-order valence-corrected chi connectivity index (χ1v) is 9.99. The fourth-order valence-electron chi connectivity index (χ4n) is 3.92. The molecule has 8 nitrogen and oxygen atoms in total. The first-order valence-electron chi connectivity index (χ1n) is 9.99. The number of carbonyl (C=O) groups excluding carboxylic acids is 1. The molecule has 0 atom stereocenters. The van der Waals surface area contributed by atoms with E-state index in [0.29, 0.717) is 6.54 Å². The molecule has 0 bridgehead atoms. The third-order valence-electron chi connectivity index (χ3n) is 5.70. The Bertz CT molecular complexity index is 765. The predicted molar refractivity (Wildman–Crippen MR) is 107 cm³/mol. The maximum atomic E-state index is 12.5. The highest BCUT2D eigenvalue weighted by Crippen LogP contribution is 2.30. The highest BCUT2D eigenvalue weighted by atomic mass is 16.3. The first kappa shape index (κ1) is 18.7. The number of carbonyl (C=O) groups is 1. The molecular weight excluding hydrogens is 356 g/mol. The van der Waals surface area contributed by atoms with Crippen LogP contribution in [0.25, 0.3) is 0 Å². The van der Waals surface area contributed by atoms with E-state index >= 15 is 0 Å². The molecule has 0 spiro atoms. The van der Waals surface area contributed by atoms with E-state index in [1.54, 1.807) is 12.6 Å². The van der Waals surface area contributed by atoms with Crippen molar-refractivity contribution < 1.29 is 9.21 Å². The van der Waals surface area contributed by atoms with Gasteiger partial charge in [0, 0.05) is 45.2 Å². The molecule has 28 heavy (non-hydrogen) atoms. The summed E-state index contributed by atoms with van der Waals surface area (Å²) < 4.78 is 5.28. The maximum Gasteiger partial charge on any atom is 0.223 e. The highest BCUT2D eigenvalue weighted by molar-refractivity contribution is 5.79. The summed E-state index contributed by atoms with van der Waals surface area (Å²) in [6, 6.07) is 3.71. The van der Waals surface area contributed by atoms with E-state index in [9.17, 15) is 4.79 Å². The molecule has 2 saturated heterocycles. The molecule has 0 radical (unpaired) electrons. The fourth-order valence-corrected chi connectivity index (χ4v) is 3.92. The van der Waals surface area contributed by atoms with Crippen molar-refractivity contribution in [3.05, 3.63) is 36.7 Å². The number of hydrogen-bond acceptors (Lipinski definition) is 7. The molecule has 0 unspecified atom stereocenters. The van der Waals surface area contributed by atoms with E-state index in [1.165, 1.54) is 0 Å². The molecule has 8 heteroatoms. The van der Waals surface area contributed by atoms with Crippen LogP contribution < -0.4 is 15.1 Å². The summed E-state index contributed by atoms with van der Waals surface area (Å²) in [6.07, 6.45) is 6.84. The largest absolute Gasteiger partial charge is 0.467 e. The topological polar surface area (TPSA) is 77.7 Å². The van der Waals surface area contributed by atoms with Gasteiger partial charge in [-0.25, -0.2) is 9.97 Å². The smallest absolute Gasteiger partial charge is 0.223 e. The highest BCUT2D eigenvalue weighted by Gasteiger charge is 2.28. The lowest BCUT2D eigenvalue weighted by molar-refractivity contribution is -0.125. The summed E-state index contributed by atoms with van der Waals surface area (Å²) >= 11 is 0. The van der Waals surface area contributed by atoms with Crippen LogP contribution in [0.3, 0.4) is 0 Å². The van der Waals surface area contributed by atoms with Gasteiger partial charge in [0.15, 0.2) is 5.82 Å². The summed E-state index contributed by atoms with van der Waals surface area (Å²) in [6.45, 7) is 6.17. The Labute approximate surface area is 165 Å². The number of nitrogens with one attached hydrogen (secondary N) is 1. The standard InChI is InChI=1S/C20H28N6O2/c1-24-8-10-26(11-9-24)19-18(14-21-15-23-19)25-6-4-16(5-7-25)20(27)22-13-17-3-2-12-28-17/h2-3,12,14-16H,4-11,13H2,1H3,(H,22,27). The van der Waals surface area contributed by atoms with Crippen LogP contribution >= 0.6 is 0 Å². The van der Waals surface area contributed by atoms with Gasteiger partial charge >= 0.3 is 0 Å². The summed E-state index contributed by atoms with van der Waals surface area (Å²) in [7, 11) is 2.15. The molecule has 1 amide bonds. The predicted octanol–water partition coefficient (Wildman–Crippen LogP) is 1.35. The van der Waals surface area contributed by atoms with Gasteiger partial charge in [-0.05, 0) is 32.0 Å². The number of amides is 1. The Morgan fingerprint density at radius 1 is 1.18 bits per heavy atom. The minimum absolute atomic E-state index is 0.0444. The average molecular weight is 384 g/mol. The Hall–Kier alpha value is -2.61. The molecule has 0 saturated carbocycles. The van der Waals surface area contributed by atoms with Crippen LogP contribution in [0, 0.1) is 5.92 Å². The maximum absolute atomic E-state index is 12.5. The Morgan fingerprint density at radius 3 is 2.68 bits per heavy atom. The van der Waals surface area contributed by atoms with Gasteiger partial charge in [-0.3, -0.25) is 4.79 Å². The number of nitrogens with zero attached hydrogens (tertiary/aromatic N) is 5. The van der Waals surface area contributed by atoms with Crippen molar-refractivity contribution in [2.45, 2.75) is 19.4 Å². The Morgan fingerprint density at radius 2 is 1.96 bits per heavy atom. The first-order chi connectivity index (χ1) is 13.7. The second kappa shape index (κ2) is 8.60. The van der Waals surface area contributed by atoms with Crippen LogP contribution in [0.4, 0.5) is 11.5 Å². The van der Waals surface area contributed by atoms with E-state index < -0.39 is 0 Å². The van der Waals surface area contributed by atoms with Gasteiger partial charge in [0.25, 0.3) is 0 Å². The third-order valence-corrected chi connectivity index (χ3v) is 5.70. The number of likely N-dealkylation sites (N-methyl/N-ethyl adjacent to an activating group) is 1. The number of aromatic nitrogens is 2. The van der Waals surface area contributed by atoms with Crippen molar-refractivity contribution in [3.63, 3.8) is 0 Å². The monoisotopic (exact) mass is 384 g/mol. The quantitative estimate of drug-likeness (QED) is 0.834. The molecule has 2 aromatic rings. The lowest BCUT2D eigenvalue weighted by Gasteiger charge is -2.38. The minimum Gasteiger partial charge on any atom is -0.467 e. The average Bonchev–Trinajstić information content (AvgIpc) is 3.26. The van der Waals surface area contributed by atoms with Crippen molar-refractivity contribution in [3.8, 4) is 0 Å². The van der Waals surface area contributed by atoms with E-state index in [-0.39, 0.29) is 11.8 Å². The van der Waals surface area contributed by atoms with Gasteiger partial charge in [0.1, 0.15) is 12.1 Å². The summed E-state index contributed by atoms with van der Waals surface area (Å²) in [5.74, 6) is 1.95. The normalized spacial score (nSPS) is 19.0. The number of piperidine rings is 1. The Kier molecular flexibility index (Phi) is 5.76. The van der Waals surface area contributed by atoms with Crippen molar-refractivity contribution in [1.82, 2.24) is 20.2 Å². The second-order valence-corrected chi connectivity index (χ2v) is 7.58. The zero-order valence-electron chi connectivity index (χ0n) is 16.4. The number of piperazine rings is 1. The summed E-state index contributed by atoms with van der Waals surface area (Å²) in [4.78, 5) is 28.3. The minimum atomic E-state index is 0.0444. The molecular formula is C20H28N6O2.